The summed E-state index contributed by atoms with van der Waals surface area (Å²) in [5, 5.41) is 20.7. The van der Waals surface area contributed by atoms with E-state index in [0.717, 1.165) is 37.1 Å². The number of benzene rings is 2. The number of nitro groups is 1. The molecule has 2 aromatic carbocycles. The highest BCUT2D eigenvalue weighted by Gasteiger charge is 2.36. The number of piperidine rings is 1. The molecule has 0 bridgehead atoms. The molecule has 3 rings (SSSR count). The first-order valence-electron chi connectivity index (χ1n) is 11.5. The van der Waals surface area contributed by atoms with Gasteiger partial charge in [0.25, 0.3) is 0 Å². The van der Waals surface area contributed by atoms with E-state index in [1.807, 2.05) is 6.92 Å². The molecule has 1 aliphatic rings. The maximum absolute atomic E-state index is 12.9. The summed E-state index contributed by atoms with van der Waals surface area (Å²) < 4.78 is 49.7. The Balaban J connectivity index is 1.80. The van der Waals surface area contributed by atoms with E-state index in [0.29, 0.717) is 25.1 Å². The van der Waals surface area contributed by atoms with Crippen LogP contribution in [-0.2, 0) is 15.8 Å². The SMILES string of the molecule is CC1CCN(C(=O)C(C#N)C(=O)C(C)Oc2cc(Oc3ccc(C(F)(F)F)cc3Cl)ccc2[N+](=O)[O-])CC1. The number of amides is 1. The Morgan fingerprint density at radius 2 is 1.84 bits per heavy atom. The van der Waals surface area contributed by atoms with E-state index in [4.69, 9.17) is 21.1 Å². The van der Waals surface area contributed by atoms with Gasteiger partial charge in [0, 0.05) is 25.2 Å². The van der Waals surface area contributed by atoms with Gasteiger partial charge in [0.1, 0.15) is 11.5 Å². The van der Waals surface area contributed by atoms with Crippen LogP contribution in [0.3, 0.4) is 0 Å². The number of rotatable bonds is 8. The van der Waals surface area contributed by atoms with Crippen LogP contribution in [0.1, 0.15) is 32.3 Å². The average Bonchev–Trinajstić information content (AvgIpc) is 2.85. The third-order valence-electron chi connectivity index (χ3n) is 6.08. The lowest BCUT2D eigenvalue weighted by Gasteiger charge is -2.31. The summed E-state index contributed by atoms with van der Waals surface area (Å²) in [7, 11) is 0. The molecule has 202 valence electrons. The smallest absolute Gasteiger partial charge is 0.416 e. The van der Waals surface area contributed by atoms with Gasteiger partial charge in [0.15, 0.2) is 17.8 Å². The van der Waals surface area contributed by atoms with Gasteiger partial charge in [-0.1, -0.05) is 18.5 Å². The van der Waals surface area contributed by atoms with Crippen molar-refractivity contribution in [3.05, 3.63) is 57.1 Å². The van der Waals surface area contributed by atoms with Crippen molar-refractivity contribution in [1.82, 2.24) is 4.90 Å². The number of ketones is 1. The fourth-order valence-electron chi connectivity index (χ4n) is 3.83. The maximum atomic E-state index is 12.9. The minimum absolute atomic E-state index is 0.0812. The molecule has 9 nitrogen and oxygen atoms in total. The molecular formula is C25H23ClF3N3O6. The van der Waals surface area contributed by atoms with Gasteiger partial charge in [-0.3, -0.25) is 19.7 Å². The lowest BCUT2D eigenvalue weighted by atomic mass is 9.95. The van der Waals surface area contributed by atoms with E-state index in [1.54, 1.807) is 6.07 Å². The third kappa shape index (κ3) is 6.72. The number of carbonyl (C=O) groups is 2. The van der Waals surface area contributed by atoms with Crippen molar-refractivity contribution in [3.8, 4) is 23.3 Å². The van der Waals surface area contributed by atoms with Crippen LogP contribution in [0.25, 0.3) is 0 Å². The molecule has 1 amide bonds. The molecule has 1 saturated heterocycles. The van der Waals surface area contributed by atoms with Gasteiger partial charge in [-0.2, -0.15) is 18.4 Å². The number of hydrogen-bond donors (Lipinski definition) is 0. The summed E-state index contributed by atoms with van der Waals surface area (Å²) in [5.41, 5.74) is -1.53. The molecule has 38 heavy (non-hydrogen) atoms. The van der Waals surface area contributed by atoms with Gasteiger partial charge in [-0.15, -0.1) is 0 Å². The second-order valence-electron chi connectivity index (χ2n) is 8.86. The van der Waals surface area contributed by atoms with Crippen molar-refractivity contribution in [1.29, 1.82) is 5.26 Å². The number of likely N-dealkylation sites (tertiary alicyclic amines) is 1. The van der Waals surface area contributed by atoms with E-state index in [1.165, 1.54) is 17.9 Å². The second kappa shape index (κ2) is 11.7. The summed E-state index contributed by atoms with van der Waals surface area (Å²) in [6.07, 6.45) is -4.55. The van der Waals surface area contributed by atoms with Crippen LogP contribution in [-0.4, -0.2) is 40.7 Å². The Morgan fingerprint density at radius 3 is 2.39 bits per heavy atom. The van der Waals surface area contributed by atoms with E-state index < -0.39 is 51.8 Å². The Labute approximate surface area is 220 Å². The van der Waals surface area contributed by atoms with Gasteiger partial charge in [0.05, 0.1) is 21.6 Å². The van der Waals surface area contributed by atoms with Crippen molar-refractivity contribution >= 4 is 29.0 Å². The van der Waals surface area contributed by atoms with Gasteiger partial charge >= 0.3 is 11.9 Å². The second-order valence-corrected chi connectivity index (χ2v) is 9.27. The topological polar surface area (TPSA) is 123 Å². The molecule has 0 saturated carbocycles. The van der Waals surface area contributed by atoms with E-state index in [2.05, 4.69) is 0 Å². The molecule has 0 aromatic heterocycles. The lowest BCUT2D eigenvalue weighted by Crippen LogP contribution is -2.45. The van der Waals surface area contributed by atoms with Crippen LogP contribution >= 0.6 is 11.6 Å². The number of nitriles is 1. The molecular weight excluding hydrogens is 531 g/mol. The fraction of sp³-hybridized carbons (Fsp3) is 0.400. The quantitative estimate of drug-likeness (QED) is 0.230. The molecule has 13 heteroatoms. The summed E-state index contributed by atoms with van der Waals surface area (Å²) >= 11 is 5.91. The number of ether oxygens (including phenoxy) is 2. The minimum Gasteiger partial charge on any atom is -0.476 e. The van der Waals surface area contributed by atoms with Crippen molar-refractivity contribution in [2.45, 2.75) is 39.0 Å². The number of alkyl halides is 3. The number of halogens is 4. The molecule has 1 heterocycles. The van der Waals surface area contributed by atoms with Crippen molar-refractivity contribution in [2.24, 2.45) is 11.8 Å². The van der Waals surface area contributed by atoms with Crippen molar-refractivity contribution < 1.29 is 37.2 Å². The molecule has 0 radical (unpaired) electrons. The fourth-order valence-corrected chi connectivity index (χ4v) is 4.04. The highest BCUT2D eigenvalue weighted by Crippen LogP contribution is 2.39. The van der Waals surface area contributed by atoms with Crippen LogP contribution in [0.15, 0.2) is 36.4 Å². The molecule has 1 fully saturated rings. The summed E-state index contributed by atoms with van der Waals surface area (Å²) in [4.78, 5) is 37.9. The molecule has 0 spiro atoms. The van der Waals surface area contributed by atoms with Gasteiger partial charge in [0.2, 0.25) is 11.7 Å². The molecule has 2 aromatic rings. The highest BCUT2D eigenvalue weighted by molar-refractivity contribution is 6.32. The van der Waals surface area contributed by atoms with E-state index >= 15 is 0 Å². The van der Waals surface area contributed by atoms with E-state index in [-0.39, 0.29) is 16.5 Å². The zero-order chi connectivity index (χ0) is 28.2. The van der Waals surface area contributed by atoms with Gasteiger partial charge in [-0.25, -0.2) is 0 Å². The minimum atomic E-state index is -4.62. The summed E-state index contributed by atoms with van der Waals surface area (Å²) in [5.74, 6) is -3.40. The lowest BCUT2D eigenvalue weighted by molar-refractivity contribution is -0.386. The van der Waals surface area contributed by atoms with E-state index in [9.17, 15) is 38.1 Å². The van der Waals surface area contributed by atoms with Crippen LogP contribution in [0.2, 0.25) is 5.02 Å². The first kappa shape index (κ1) is 28.7. The molecule has 2 unspecified atom stereocenters. The number of hydrogen-bond acceptors (Lipinski definition) is 7. The largest absolute Gasteiger partial charge is 0.476 e. The van der Waals surface area contributed by atoms with Crippen LogP contribution in [0.4, 0.5) is 18.9 Å². The molecule has 0 aliphatic carbocycles. The zero-order valence-electron chi connectivity index (χ0n) is 20.3. The number of nitrogens with zero attached hydrogens (tertiary/aromatic N) is 3. The Morgan fingerprint density at radius 1 is 1.18 bits per heavy atom. The number of nitro benzene ring substituents is 1. The number of Topliss-reactive ketones (excluding diaryl/α,β-unsaturated/α-hetero) is 1. The predicted molar refractivity (Wildman–Crippen MR) is 129 cm³/mol. The first-order chi connectivity index (χ1) is 17.8. The first-order valence-corrected chi connectivity index (χ1v) is 11.9. The summed E-state index contributed by atoms with van der Waals surface area (Å²) in [6.45, 7) is 4.12. The molecule has 0 N–H and O–H groups in total. The Bertz CT molecular complexity index is 1270. The third-order valence-corrected chi connectivity index (χ3v) is 6.37. The maximum Gasteiger partial charge on any atom is 0.416 e. The zero-order valence-corrected chi connectivity index (χ0v) is 21.1. The Kier molecular flexibility index (Phi) is 8.83. The predicted octanol–water partition coefficient (Wildman–Crippen LogP) is 5.79. The van der Waals surface area contributed by atoms with Crippen LogP contribution in [0.5, 0.6) is 17.2 Å². The van der Waals surface area contributed by atoms with Gasteiger partial charge in [-0.05, 0) is 49.9 Å². The average molecular weight is 554 g/mol. The summed E-state index contributed by atoms with van der Waals surface area (Å²) in [6, 6.07) is 7.37. The van der Waals surface area contributed by atoms with Crippen LogP contribution < -0.4 is 9.47 Å². The van der Waals surface area contributed by atoms with Gasteiger partial charge < -0.3 is 14.4 Å². The normalized spacial score (nSPS) is 15.8. The van der Waals surface area contributed by atoms with Crippen molar-refractivity contribution in [2.75, 3.05) is 13.1 Å². The standard InChI is InChI=1S/C25H23ClF3N3O6/c1-14-7-9-31(10-8-14)24(34)18(13-30)23(33)15(2)37-22-12-17(4-5-20(22)32(35)36)38-21-6-3-16(11-19(21)26)25(27,28)29/h3-6,11-12,14-15,18H,7-10H2,1-2H3. The highest BCUT2D eigenvalue weighted by atomic mass is 35.5. The Hall–Kier alpha value is -3.85. The monoisotopic (exact) mass is 553 g/mol. The molecule has 2 atom stereocenters. The van der Waals surface area contributed by atoms with Crippen LogP contribution in [0, 0.1) is 33.3 Å². The molecule has 1 aliphatic heterocycles. The number of carbonyl (C=O) groups excluding carboxylic acids is 2. The van der Waals surface area contributed by atoms with Crippen molar-refractivity contribution in [3.63, 3.8) is 0 Å².